The Hall–Kier alpha value is -3.66. The summed E-state index contributed by atoms with van der Waals surface area (Å²) in [6, 6.07) is 30.6. The minimum Gasteiger partial charge on any atom is -0.329 e. The molecule has 1 heterocycles. The monoisotopic (exact) mass is 395 g/mol. The molecule has 0 aliphatic carbocycles. The van der Waals surface area contributed by atoms with E-state index >= 15 is 0 Å². The van der Waals surface area contributed by atoms with Crippen LogP contribution in [0.4, 0.5) is 0 Å². The number of rotatable bonds is 6. The second kappa shape index (κ2) is 8.78. The van der Waals surface area contributed by atoms with Gasteiger partial charge in [0.1, 0.15) is 0 Å². The predicted octanol–water partition coefficient (Wildman–Crippen LogP) is 5.24. The number of carbonyl (C=O) groups excluding carboxylic acids is 1. The highest BCUT2D eigenvalue weighted by Crippen LogP contribution is 2.22. The molecule has 1 amide bonds. The largest absolute Gasteiger partial charge is 0.329 e. The number of benzene rings is 3. The van der Waals surface area contributed by atoms with Crippen molar-refractivity contribution in [1.29, 1.82) is 0 Å². The summed E-state index contributed by atoms with van der Waals surface area (Å²) in [7, 11) is 1.86. The molecule has 30 heavy (non-hydrogen) atoms. The normalized spacial score (nSPS) is 10.7. The Morgan fingerprint density at radius 3 is 2.07 bits per heavy atom. The molecule has 0 spiro atoms. The van der Waals surface area contributed by atoms with Crippen molar-refractivity contribution in [3.05, 3.63) is 114 Å². The molecule has 0 aliphatic rings. The lowest BCUT2D eigenvalue weighted by molar-refractivity contribution is 0.0723. The van der Waals surface area contributed by atoms with Crippen LogP contribution in [0.5, 0.6) is 0 Å². The summed E-state index contributed by atoms with van der Waals surface area (Å²) in [6.45, 7) is 3.00. The van der Waals surface area contributed by atoms with Gasteiger partial charge in [0.15, 0.2) is 5.69 Å². The van der Waals surface area contributed by atoms with E-state index in [4.69, 9.17) is 0 Å². The average Bonchev–Trinajstić information content (AvgIpc) is 3.12. The van der Waals surface area contributed by atoms with Crippen LogP contribution in [0.3, 0.4) is 0 Å². The summed E-state index contributed by atoms with van der Waals surface area (Å²) in [5.74, 6) is -0.0623. The highest BCUT2D eigenvalue weighted by Gasteiger charge is 2.20. The van der Waals surface area contributed by atoms with Crippen molar-refractivity contribution >= 4 is 5.91 Å². The van der Waals surface area contributed by atoms with Crippen LogP contribution in [0.2, 0.25) is 0 Å². The molecule has 4 rings (SSSR count). The number of hydrogen-bond donors (Lipinski definition) is 0. The Morgan fingerprint density at radius 2 is 1.40 bits per heavy atom. The van der Waals surface area contributed by atoms with Crippen LogP contribution >= 0.6 is 0 Å². The van der Waals surface area contributed by atoms with Crippen molar-refractivity contribution in [2.75, 3.05) is 0 Å². The summed E-state index contributed by atoms with van der Waals surface area (Å²) in [5, 5.41) is 4.40. The van der Waals surface area contributed by atoms with Crippen LogP contribution in [0.15, 0.2) is 91.0 Å². The summed E-state index contributed by atoms with van der Waals surface area (Å²) >= 11 is 0. The second-order valence-corrected chi connectivity index (χ2v) is 7.51. The van der Waals surface area contributed by atoms with E-state index in [0.717, 1.165) is 22.4 Å². The molecule has 0 bridgehead atoms. The van der Waals surface area contributed by atoms with Gasteiger partial charge in [0.05, 0.1) is 0 Å². The fourth-order valence-corrected chi connectivity index (χ4v) is 3.53. The van der Waals surface area contributed by atoms with Gasteiger partial charge in [-0.25, -0.2) is 0 Å². The fraction of sp³-hybridized carbons (Fsp3) is 0.154. The van der Waals surface area contributed by atoms with E-state index in [0.29, 0.717) is 18.8 Å². The number of nitrogens with zero attached hydrogens (tertiary/aromatic N) is 3. The zero-order valence-electron chi connectivity index (χ0n) is 17.3. The Morgan fingerprint density at radius 1 is 0.800 bits per heavy atom. The lowest BCUT2D eigenvalue weighted by atomic mass is 10.0. The molecule has 4 aromatic rings. The first-order valence-corrected chi connectivity index (χ1v) is 10.1. The molecule has 0 saturated heterocycles. The lowest BCUT2D eigenvalue weighted by Crippen LogP contribution is -2.30. The molecule has 0 fully saturated rings. The van der Waals surface area contributed by atoms with Gasteiger partial charge >= 0.3 is 0 Å². The van der Waals surface area contributed by atoms with Crippen LogP contribution in [0.1, 0.15) is 27.3 Å². The van der Waals surface area contributed by atoms with Gasteiger partial charge in [0.2, 0.25) is 0 Å². The number of aromatic nitrogens is 2. The quantitative estimate of drug-likeness (QED) is 0.448. The van der Waals surface area contributed by atoms with Gasteiger partial charge in [0, 0.05) is 25.8 Å². The molecular weight excluding hydrogens is 370 g/mol. The standard InChI is InChI=1S/C26H25N3O/c1-20-16-25(27-28(20)2)26(30)29(18-21-10-5-3-6-11-21)19-22-12-9-15-24(17-22)23-13-7-4-8-14-23/h3-17H,18-19H2,1-2H3. The fourth-order valence-electron chi connectivity index (χ4n) is 3.53. The van der Waals surface area contributed by atoms with E-state index in [1.54, 1.807) is 4.68 Å². The highest BCUT2D eigenvalue weighted by molar-refractivity contribution is 5.92. The molecule has 0 atom stereocenters. The van der Waals surface area contributed by atoms with Crippen molar-refractivity contribution in [2.24, 2.45) is 7.05 Å². The van der Waals surface area contributed by atoms with Crippen molar-refractivity contribution in [3.63, 3.8) is 0 Å². The van der Waals surface area contributed by atoms with E-state index < -0.39 is 0 Å². The third-order valence-corrected chi connectivity index (χ3v) is 5.24. The molecule has 4 heteroatoms. The molecule has 4 nitrogen and oxygen atoms in total. The van der Waals surface area contributed by atoms with Gasteiger partial charge in [-0.3, -0.25) is 9.48 Å². The van der Waals surface area contributed by atoms with Gasteiger partial charge in [0.25, 0.3) is 5.91 Å². The molecule has 0 unspecified atom stereocenters. The van der Waals surface area contributed by atoms with Gasteiger partial charge in [-0.1, -0.05) is 78.9 Å². The SMILES string of the molecule is Cc1cc(C(=O)N(Cc2ccccc2)Cc2cccc(-c3ccccc3)c2)nn1C. The Labute approximate surface area is 177 Å². The van der Waals surface area contributed by atoms with E-state index in [1.165, 1.54) is 5.56 Å². The topological polar surface area (TPSA) is 38.1 Å². The number of hydrogen-bond acceptors (Lipinski definition) is 2. The Bertz CT molecular complexity index is 1110. The maximum atomic E-state index is 13.3. The smallest absolute Gasteiger partial charge is 0.274 e. The Balaban J connectivity index is 1.63. The molecule has 0 aliphatic heterocycles. The zero-order valence-corrected chi connectivity index (χ0v) is 17.3. The zero-order chi connectivity index (χ0) is 20.9. The van der Waals surface area contributed by atoms with Gasteiger partial charge in [-0.05, 0) is 41.3 Å². The molecule has 150 valence electrons. The van der Waals surface area contributed by atoms with Gasteiger partial charge < -0.3 is 4.90 Å². The number of amides is 1. The van der Waals surface area contributed by atoms with Crippen molar-refractivity contribution < 1.29 is 4.79 Å². The summed E-state index contributed by atoms with van der Waals surface area (Å²) in [4.78, 5) is 15.2. The maximum absolute atomic E-state index is 13.3. The predicted molar refractivity (Wildman–Crippen MR) is 120 cm³/mol. The molecule has 0 N–H and O–H groups in total. The number of carbonyl (C=O) groups is 1. The molecule has 1 aromatic heterocycles. The third kappa shape index (κ3) is 4.49. The molecular formula is C26H25N3O. The van der Waals surface area contributed by atoms with Gasteiger partial charge in [-0.2, -0.15) is 5.10 Å². The van der Waals surface area contributed by atoms with E-state index in [-0.39, 0.29) is 5.91 Å². The Kier molecular flexibility index (Phi) is 5.75. The van der Waals surface area contributed by atoms with Crippen LogP contribution < -0.4 is 0 Å². The highest BCUT2D eigenvalue weighted by atomic mass is 16.2. The van der Waals surface area contributed by atoms with E-state index in [1.807, 2.05) is 79.5 Å². The van der Waals surface area contributed by atoms with Crippen LogP contribution in [-0.4, -0.2) is 20.6 Å². The lowest BCUT2D eigenvalue weighted by Gasteiger charge is -2.22. The minimum absolute atomic E-state index is 0.0623. The summed E-state index contributed by atoms with van der Waals surface area (Å²) in [5.41, 5.74) is 5.94. The maximum Gasteiger partial charge on any atom is 0.274 e. The van der Waals surface area contributed by atoms with E-state index in [9.17, 15) is 4.79 Å². The second-order valence-electron chi connectivity index (χ2n) is 7.51. The van der Waals surface area contributed by atoms with Gasteiger partial charge in [-0.15, -0.1) is 0 Å². The first-order chi connectivity index (χ1) is 14.6. The van der Waals surface area contributed by atoms with Crippen molar-refractivity contribution in [2.45, 2.75) is 20.0 Å². The third-order valence-electron chi connectivity index (χ3n) is 5.24. The van der Waals surface area contributed by atoms with Crippen LogP contribution in [0, 0.1) is 6.92 Å². The summed E-state index contributed by atoms with van der Waals surface area (Å²) in [6.07, 6.45) is 0. The average molecular weight is 396 g/mol. The molecule has 0 saturated carbocycles. The van der Waals surface area contributed by atoms with Crippen molar-refractivity contribution in [3.8, 4) is 11.1 Å². The molecule has 0 radical (unpaired) electrons. The number of aryl methyl sites for hydroxylation is 2. The van der Waals surface area contributed by atoms with Crippen molar-refractivity contribution in [1.82, 2.24) is 14.7 Å². The minimum atomic E-state index is -0.0623. The first kappa shape index (κ1) is 19.6. The van der Waals surface area contributed by atoms with Crippen LogP contribution in [-0.2, 0) is 20.1 Å². The van der Waals surface area contributed by atoms with Crippen LogP contribution in [0.25, 0.3) is 11.1 Å². The van der Waals surface area contributed by atoms with E-state index in [2.05, 4.69) is 35.4 Å². The summed E-state index contributed by atoms with van der Waals surface area (Å²) < 4.78 is 1.74. The molecule has 3 aromatic carbocycles. The first-order valence-electron chi connectivity index (χ1n) is 10.1.